The molecule has 3 nitrogen and oxygen atoms in total. The highest BCUT2D eigenvalue weighted by molar-refractivity contribution is 5.94. The molecule has 21 heavy (non-hydrogen) atoms. The molecule has 1 saturated heterocycles. The van der Waals surface area contributed by atoms with Gasteiger partial charge in [-0.2, -0.15) is 13.2 Å². The minimum atomic E-state index is -4.49. The van der Waals surface area contributed by atoms with E-state index in [9.17, 15) is 23.1 Å². The number of benzene rings is 1. The molecule has 0 aliphatic carbocycles. The third-order valence-corrected chi connectivity index (χ3v) is 3.70. The number of β-amino-alcohol motifs (C(OH)–C–C–N with tert-alkyl or cyclic N) is 1. The summed E-state index contributed by atoms with van der Waals surface area (Å²) in [4.78, 5) is 13.1. The number of Topliss-reactive ketones (excluding diaryl/α,β-unsaturated/α-hetero) is 1. The van der Waals surface area contributed by atoms with Crippen LogP contribution in [0.25, 0.3) is 0 Å². The van der Waals surface area contributed by atoms with Gasteiger partial charge in [-0.3, -0.25) is 9.69 Å². The van der Waals surface area contributed by atoms with Crippen molar-refractivity contribution >= 4 is 5.78 Å². The Bertz CT molecular complexity index is 528. The second-order valence-electron chi connectivity index (χ2n) is 5.46. The van der Waals surface area contributed by atoms with E-state index in [1.807, 2.05) is 4.90 Å². The summed E-state index contributed by atoms with van der Waals surface area (Å²) in [6, 6.07) is 3.70. The SMILES string of the molecule is CC(=O)c1ccc(CN2CCCC(O)C2)c(C(F)(F)F)c1. The van der Waals surface area contributed by atoms with Crippen LogP contribution in [0.5, 0.6) is 0 Å². The van der Waals surface area contributed by atoms with E-state index in [0.717, 1.165) is 12.5 Å². The number of hydrogen-bond donors (Lipinski definition) is 1. The summed E-state index contributed by atoms with van der Waals surface area (Å²) >= 11 is 0. The van der Waals surface area contributed by atoms with Gasteiger partial charge in [-0.15, -0.1) is 0 Å². The highest BCUT2D eigenvalue weighted by atomic mass is 19.4. The fourth-order valence-electron chi connectivity index (χ4n) is 2.61. The Morgan fingerprint density at radius 3 is 2.71 bits per heavy atom. The molecule has 0 radical (unpaired) electrons. The Morgan fingerprint density at radius 2 is 2.14 bits per heavy atom. The Labute approximate surface area is 121 Å². The normalized spacial score (nSPS) is 20.5. The molecule has 0 amide bonds. The van der Waals surface area contributed by atoms with Gasteiger partial charge in [-0.1, -0.05) is 12.1 Å². The molecule has 1 atom stereocenters. The van der Waals surface area contributed by atoms with E-state index in [2.05, 4.69) is 0 Å². The zero-order chi connectivity index (χ0) is 15.6. The summed E-state index contributed by atoms with van der Waals surface area (Å²) in [5, 5.41) is 9.60. The molecule has 1 fully saturated rings. The highest BCUT2D eigenvalue weighted by Crippen LogP contribution is 2.33. The van der Waals surface area contributed by atoms with Crippen molar-refractivity contribution in [3.63, 3.8) is 0 Å². The second kappa shape index (κ2) is 6.15. The number of nitrogens with zero attached hydrogens (tertiary/aromatic N) is 1. The Morgan fingerprint density at radius 1 is 1.43 bits per heavy atom. The lowest BCUT2D eigenvalue weighted by molar-refractivity contribution is -0.138. The third-order valence-electron chi connectivity index (χ3n) is 3.70. The monoisotopic (exact) mass is 301 g/mol. The average Bonchev–Trinajstić information content (AvgIpc) is 2.37. The number of rotatable bonds is 3. The first-order valence-corrected chi connectivity index (χ1v) is 6.89. The van der Waals surface area contributed by atoms with E-state index in [-0.39, 0.29) is 23.5 Å². The number of aliphatic hydroxyl groups excluding tert-OH is 1. The first-order chi connectivity index (χ1) is 9.77. The van der Waals surface area contributed by atoms with Crippen molar-refractivity contribution < 1.29 is 23.1 Å². The molecule has 6 heteroatoms. The molecule has 0 bridgehead atoms. The molecule has 116 valence electrons. The zero-order valence-corrected chi connectivity index (χ0v) is 11.8. The van der Waals surface area contributed by atoms with E-state index < -0.39 is 17.8 Å². The number of hydrogen-bond acceptors (Lipinski definition) is 3. The molecular weight excluding hydrogens is 283 g/mol. The van der Waals surface area contributed by atoms with E-state index in [0.29, 0.717) is 19.5 Å². The number of likely N-dealkylation sites (tertiary alicyclic amines) is 1. The average molecular weight is 301 g/mol. The lowest BCUT2D eigenvalue weighted by atomic mass is 10.00. The van der Waals surface area contributed by atoms with Gasteiger partial charge in [0.15, 0.2) is 5.78 Å². The fraction of sp³-hybridized carbons (Fsp3) is 0.533. The standard InChI is InChI=1S/C15H18F3NO2/c1-10(20)11-4-5-12(14(7-11)15(16,17)18)8-19-6-2-3-13(21)9-19/h4-5,7,13,21H,2-3,6,8-9H2,1H3. The quantitative estimate of drug-likeness (QED) is 0.873. The molecule has 1 aliphatic rings. The summed E-state index contributed by atoms with van der Waals surface area (Å²) in [6.45, 7) is 2.43. The fourth-order valence-corrected chi connectivity index (χ4v) is 2.61. The van der Waals surface area contributed by atoms with Crippen LogP contribution in [0, 0.1) is 0 Å². The number of alkyl halides is 3. The number of piperidine rings is 1. The van der Waals surface area contributed by atoms with Gasteiger partial charge in [0.05, 0.1) is 11.7 Å². The zero-order valence-electron chi connectivity index (χ0n) is 11.8. The molecule has 1 unspecified atom stereocenters. The molecule has 1 heterocycles. The van der Waals surface area contributed by atoms with Gasteiger partial charge in [-0.05, 0) is 37.9 Å². The second-order valence-corrected chi connectivity index (χ2v) is 5.46. The van der Waals surface area contributed by atoms with Gasteiger partial charge in [0.1, 0.15) is 0 Å². The topological polar surface area (TPSA) is 40.5 Å². The van der Waals surface area contributed by atoms with Crippen LogP contribution < -0.4 is 0 Å². The Hall–Kier alpha value is -1.40. The van der Waals surface area contributed by atoms with Crippen molar-refractivity contribution in [2.45, 2.75) is 38.6 Å². The molecule has 0 spiro atoms. The maximum atomic E-state index is 13.1. The van der Waals surface area contributed by atoms with Crippen molar-refractivity contribution in [2.75, 3.05) is 13.1 Å². The van der Waals surface area contributed by atoms with Crippen LogP contribution in [-0.4, -0.2) is 35.0 Å². The lowest BCUT2D eigenvalue weighted by Gasteiger charge is -2.30. The van der Waals surface area contributed by atoms with Crippen LogP contribution in [0.3, 0.4) is 0 Å². The summed E-state index contributed by atoms with van der Waals surface area (Å²) in [5.74, 6) is -0.388. The number of ketones is 1. The maximum Gasteiger partial charge on any atom is 0.416 e. The van der Waals surface area contributed by atoms with Crippen LogP contribution in [0.4, 0.5) is 13.2 Å². The van der Waals surface area contributed by atoms with Gasteiger partial charge in [0, 0.05) is 18.7 Å². The Balaban J connectivity index is 2.27. The van der Waals surface area contributed by atoms with E-state index in [1.165, 1.54) is 19.1 Å². The summed E-state index contributed by atoms with van der Waals surface area (Å²) in [7, 11) is 0. The number of halogens is 3. The van der Waals surface area contributed by atoms with E-state index in [1.54, 1.807) is 0 Å². The number of aliphatic hydroxyl groups is 1. The van der Waals surface area contributed by atoms with Crippen LogP contribution in [0.15, 0.2) is 18.2 Å². The molecule has 0 saturated carbocycles. The smallest absolute Gasteiger partial charge is 0.392 e. The summed E-state index contributed by atoms with van der Waals surface area (Å²) in [5.41, 5.74) is -0.568. The van der Waals surface area contributed by atoms with E-state index >= 15 is 0 Å². The molecule has 1 aliphatic heterocycles. The van der Waals surface area contributed by atoms with Gasteiger partial charge >= 0.3 is 6.18 Å². The van der Waals surface area contributed by atoms with Crippen molar-refractivity contribution in [1.82, 2.24) is 4.90 Å². The minimum absolute atomic E-state index is 0.0600. The molecule has 0 aromatic heterocycles. The van der Waals surface area contributed by atoms with E-state index in [4.69, 9.17) is 0 Å². The van der Waals surface area contributed by atoms with Gasteiger partial charge < -0.3 is 5.11 Å². The van der Waals surface area contributed by atoms with Crippen molar-refractivity contribution in [2.24, 2.45) is 0 Å². The maximum absolute atomic E-state index is 13.1. The van der Waals surface area contributed by atoms with Gasteiger partial charge in [-0.25, -0.2) is 0 Å². The first kappa shape index (κ1) is 16.0. The highest BCUT2D eigenvalue weighted by Gasteiger charge is 2.34. The summed E-state index contributed by atoms with van der Waals surface area (Å²) < 4.78 is 39.4. The van der Waals surface area contributed by atoms with Crippen LogP contribution in [0.1, 0.15) is 41.3 Å². The van der Waals surface area contributed by atoms with Crippen LogP contribution in [-0.2, 0) is 12.7 Å². The van der Waals surface area contributed by atoms with Crippen LogP contribution in [0.2, 0.25) is 0 Å². The molecular formula is C15H18F3NO2. The minimum Gasteiger partial charge on any atom is -0.392 e. The first-order valence-electron chi connectivity index (χ1n) is 6.89. The largest absolute Gasteiger partial charge is 0.416 e. The predicted octanol–water partition coefficient (Wildman–Crippen LogP) is 2.86. The summed E-state index contributed by atoms with van der Waals surface area (Å²) in [6.07, 6.45) is -3.51. The lowest BCUT2D eigenvalue weighted by Crippen LogP contribution is -2.38. The third kappa shape index (κ3) is 4.04. The van der Waals surface area contributed by atoms with Crippen molar-refractivity contribution in [3.8, 4) is 0 Å². The Kier molecular flexibility index (Phi) is 4.68. The van der Waals surface area contributed by atoms with Gasteiger partial charge in [0.25, 0.3) is 0 Å². The molecule has 1 aromatic carbocycles. The van der Waals surface area contributed by atoms with Crippen molar-refractivity contribution in [1.29, 1.82) is 0 Å². The van der Waals surface area contributed by atoms with Gasteiger partial charge in [0.2, 0.25) is 0 Å². The predicted molar refractivity (Wildman–Crippen MR) is 72.0 cm³/mol. The van der Waals surface area contributed by atoms with Crippen molar-refractivity contribution in [3.05, 3.63) is 34.9 Å². The molecule has 1 aromatic rings. The number of carbonyl (C=O) groups excluding carboxylic acids is 1. The van der Waals surface area contributed by atoms with Crippen LogP contribution >= 0.6 is 0 Å². The molecule has 2 rings (SSSR count). The number of carbonyl (C=O) groups is 1. The molecule has 1 N–H and O–H groups in total.